The fraction of sp³-hybridized carbons (Fsp3) is 0.286. The zero-order valence-corrected chi connectivity index (χ0v) is 19.2. The number of ether oxygens (including phenoxy) is 3. The lowest BCUT2D eigenvalue weighted by molar-refractivity contribution is -0.0504. The second-order valence-electron chi connectivity index (χ2n) is 5.84. The summed E-state index contributed by atoms with van der Waals surface area (Å²) in [5, 5.41) is 6.26. The molecule has 164 valence electrons. The van der Waals surface area contributed by atoms with Gasteiger partial charge in [0.15, 0.2) is 5.96 Å². The summed E-state index contributed by atoms with van der Waals surface area (Å²) in [6.45, 7) is 1.83. The monoisotopic (exact) mass is 533 g/mol. The summed E-state index contributed by atoms with van der Waals surface area (Å²) in [6, 6.07) is 12.3. The Morgan fingerprint density at radius 3 is 2.43 bits per heavy atom. The third kappa shape index (κ3) is 8.05. The van der Waals surface area contributed by atoms with Crippen molar-refractivity contribution in [3.8, 4) is 17.2 Å². The molecule has 0 unspecified atom stereocenters. The highest BCUT2D eigenvalue weighted by atomic mass is 127. The van der Waals surface area contributed by atoms with Gasteiger partial charge in [0.05, 0.1) is 7.11 Å². The quantitative estimate of drug-likeness (QED) is 0.206. The normalized spacial score (nSPS) is 10.8. The van der Waals surface area contributed by atoms with E-state index in [0.717, 1.165) is 11.3 Å². The molecule has 0 heterocycles. The van der Waals surface area contributed by atoms with Gasteiger partial charge in [0.1, 0.15) is 23.9 Å². The van der Waals surface area contributed by atoms with Crippen molar-refractivity contribution in [3.63, 3.8) is 0 Å². The summed E-state index contributed by atoms with van der Waals surface area (Å²) >= 11 is 0. The summed E-state index contributed by atoms with van der Waals surface area (Å²) in [6.07, 6.45) is 1.68. The molecule has 0 atom stereocenters. The van der Waals surface area contributed by atoms with Crippen molar-refractivity contribution in [3.05, 3.63) is 66.2 Å². The molecular weight excluding hydrogens is 507 g/mol. The van der Waals surface area contributed by atoms with Crippen LogP contribution in [0.15, 0.2) is 60.1 Å². The molecule has 2 aromatic carbocycles. The maximum absolute atomic E-state index is 12.7. The van der Waals surface area contributed by atoms with Gasteiger partial charge in [-0.15, -0.1) is 24.0 Å². The first-order chi connectivity index (χ1) is 14.1. The number of nitrogens with one attached hydrogen (secondary N) is 2. The highest BCUT2D eigenvalue weighted by Crippen LogP contribution is 2.25. The minimum Gasteiger partial charge on any atom is -0.497 e. The number of para-hydroxylation sites is 1. The van der Waals surface area contributed by atoms with Crippen molar-refractivity contribution in [1.29, 1.82) is 0 Å². The molecule has 0 bridgehead atoms. The smallest absolute Gasteiger partial charge is 0.387 e. The number of aliphatic imine (C=N–C) groups is 1. The van der Waals surface area contributed by atoms with E-state index in [4.69, 9.17) is 9.47 Å². The van der Waals surface area contributed by atoms with Crippen molar-refractivity contribution >= 4 is 29.9 Å². The number of hydrogen-bond acceptors (Lipinski definition) is 4. The van der Waals surface area contributed by atoms with Crippen LogP contribution in [0.25, 0.3) is 0 Å². The topological polar surface area (TPSA) is 64.1 Å². The molecule has 0 aromatic heterocycles. The molecule has 0 saturated heterocycles. The lowest BCUT2D eigenvalue weighted by atomic mass is 10.2. The number of hydrogen-bond donors (Lipinski definition) is 2. The Balaban J connectivity index is 0.00000450. The van der Waals surface area contributed by atoms with Gasteiger partial charge in [-0.2, -0.15) is 8.78 Å². The van der Waals surface area contributed by atoms with E-state index in [0.29, 0.717) is 30.4 Å². The van der Waals surface area contributed by atoms with Crippen LogP contribution in [-0.4, -0.2) is 33.3 Å². The standard InChI is InChI=1S/C21H25F2N3O3.HI/c1-4-11-28-18-8-6-5-7-15(18)13-25-21(24-2)26-14-16-12-17(27-3)9-10-19(16)29-20(22)23;/h4-10,12,20H,1,11,13-14H2,2-3H3,(H2,24,25,26);1H. The third-order valence-corrected chi connectivity index (χ3v) is 3.93. The molecule has 0 aliphatic carbocycles. The summed E-state index contributed by atoms with van der Waals surface area (Å²) in [5.41, 5.74) is 1.46. The zero-order chi connectivity index (χ0) is 21.1. The van der Waals surface area contributed by atoms with Crippen LogP contribution < -0.4 is 24.8 Å². The van der Waals surface area contributed by atoms with Crippen LogP contribution >= 0.6 is 24.0 Å². The van der Waals surface area contributed by atoms with Crippen LogP contribution in [0.5, 0.6) is 17.2 Å². The number of benzene rings is 2. The number of methoxy groups -OCH3 is 1. The minimum absolute atomic E-state index is 0. The van der Waals surface area contributed by atoms with Crippen LogP contribution in [0.1, 0.15) is 11.1 Å². The maximum atomic E-state index is 12.7. The molecule has 2 rings (SSSR count). The van der Waals surface area contributed by atoms with Crippen LogP contribution in [0, 0.1) is 0 Å². The van der Waals surface area contributed by atoms with Crippen LogP contribution in [0.4, 0.5) is 8.78 Å². The van der Waals surface area contributed by atoms with Crippen LogP contribution in [0.3, 0.4) is 0 Å². The Morgan fingerprint density at radius 1 is 1.10 bits per heavy atom. The van der Waals surface area contributed by atoms with E-state index in [1.165, 1.54) is 13.2 Å². The van der Waals surface area contributed by atoms with Gasteiger partial charge >= 0.3 is 6.61 Å². The van der Waals surface area contributed by atoms with E-state index in [2.05, 4.69) is 26.9 Å². The first-order valence-corrected chi connectivity index (χ1v) is 8.95. The highest BCUT2D eigenvalue weighted by molar-refractivity contribution is 14.0. The van der Waals surface area contributed by atoms with Gasteiger partial charge in [-0.25, -0.2) is 0 Å². The predicted molar refractivity (Wildman–Crippen MR) is 124 cm³/mol. The second kappa shape index (κ2) is 13.6. The Bertz CT molecular complexity index is 835. The van der Waals surface area contributed by atoms with E-state index in [1.807, 2.05) is 24.3 Å². The maximum Gasteiger partial charge on any atom is 0.387 e. The van der Waals surface area contributed by atoms with E-state index in [1.54, 1.807) is 25.3 Å². The van der Waals surface area contributed by atoms with Gasteiger partial charge in [-0.3, -0.25) is 4.99 Å². The number of alkyl halides is 2. The van der Waals surface area contributed by atoms with Crippen molar-refractivity contribution in [2.24, 2.45) is 4.99 Å². The molecule has 6 nitrogen and oxygen atoms in total. The lowest BCUT2D eigenvalue weighted by Crippen LogP contribution is -2.36. The van der Waals surface area contributed by atoms with Crippen molar-refractivity contribution in [1.82, 2.24) is 10.6 Å². The molecule has 0 fully saturated rings. The zero-order valence-electron chi connectivity index (χ0n) is 16.9. The lowest BCUT2D eigenvalue weighted by Gasteiger charge is -2.16. The first-order valence-electron chi connectivity index (χ1n) is 8.95. The molecule has 2 N–H and O–H groups in total. The molecule has 0 saturated carbocycles. The number of nitrogens with zero attached hydrogens (tertiary/aromatic N) is 1. The Labute approximate surface area is 192 Å². The van der Waals surface area contributed by atoms with E-state index in [9.17, 15) is 8.78 Å². The largest absolute Gasteiger partial charge is 0.497 e. The predicted octanol–water partition coefficient (Wildman–Crippen LogP) is 4.34. The number of guanidine groups is 1. The molecule has 0 aliphatic rings. The van der Waals surface area contributed by atoms with E-state index >= 15 is 0 Å². The molecule has 30 heavy (non-hydrogen) atoms. The fourth-order valence-electron chi connectivity index (χ4n) is 2.55. The van der Waals surface area contributed by atoms with Crippen molar-refractivity contribution in [2.45, 2.75) is 19.7 Å². The van der Waals surface area contributed by atoms with Gasteiger partial charge in [0.25, 0.3) is 0 Å². The Hall–Kier alpha value is -2.56. The van der Waals surface area contributed by atoms with Gasteiger partial charge in [0.2, 0.25) is 0 Å². The molecule has 9 heteroatoms. The minimum atomic E-state index is -2.91. The SMILES string of the molecule is C=CCOc1ccccc1CNC(=NC)NCc1cc(OC)ccc1OC(F)F.I. The van der Waals surface area contributed by atoms with Crippen molar-refractivity contribution in [2.75, 3.05) is 20.8 Å². The molecule has 0 radical (unpaired) electrons. The highest BCUT2D eigenvalue weighted by Gasteiger charge is 2.12. The van der Waals surface area contributed by atoms with Gasteiger partial charge in [0, 0.05) is 31.3 Å². The summed E-state index contributed by atoms with van der Waals surface area (Å²) < 4.78 is 40.7. The third-order valence-electron chi connectivity index (χ3n) is 3.93. The molecule has 0 aliphatic heterocycles. The Kier molecular flexibility index (Phi) is 11.6. The average molecular weight is 533 g/mol. The van der Waals surface area contributed by atoms with Gasteiger partial charge in [-0.05, 0) is 24.3 Å². The number of halogens is 3. The summed E-state index contributed by atoms with van der Waals surface area (Å²) in [4.78, 5) is 4.16. The molecular formula is C21H26F2IN3O3. The van der Waals surface area contributed by atoms with Crippen LogP contribution in [0.2, 0.25) is 0 Å². The molecule has 0 amide bonds. The first kappa shape index (κ1) is 25.5. The summed E-state index contributed by atoms with van der Waals surface area (Å²) in [7, 11) is 3.13. The van der Waals surface area contributed by atoms with E-state index < -0.39 is 6.61 Å². The van der Waals surface area contributed by atoms with E-state index in [-0.39, 0.29) is 36.3 Å². The molecule has 0 spiro atoms. The molecule has 2 aromatic rings. The fourth-order valence-corrected chi connectivity index (χ4v) is 2.55. The second-order valence-corrected chi connectivity index (χ2v) is 5.84. The number of rotatable bonds is 10. The van der Waals surface area contributed by atoms with Gasteiger partial charge in [-0.1, -0.05) is 30.9 Å². The Morgan fingerprint density at radius 2 is 1.80 bits per heavy atom. The average Bonchev–Trinajstić information content (AvgIpc) is 2.73. The summed E-state index contributed by atoms with van der Waals surface area (Å²) in [5.74, 6) is 1.86. The van der Waals surface area contributed by atoms with Gasteiger partial charge < -0.3 is 24.8 Å². The van der Waals surface area contributed by atoms with Crippen LogP contribution in [-0.2, 0) is 13.1 Å². The van der Waals surface area contributed by atoms with Crippen molar-refractivity contribution < 1.29 is 23.0 Å².